The second kappa shape index (κ2) is 5.13. The highest BCUT2D eigenvalue weighted by Gasteiger charge is 2.34. The van der Waals surface area contributed by atoms with Gasteiger partial charge in [0.05, 0.1) is 13.2 Å². The highest BCUT2D eigenvalue weighted by molar-refractivity contribution is 7.10. The van der Waals surface area contributed by atoms with Crippen molar-refractivity contribution in [3.8, 4) is 0 Å². The van der Waals surface area contributed by atoms with Gasteiger partial charge in [0.1, 0.15) is 5.60 Å². The van der Waals surface area contributed by atoms with Crippen LogP contribution in [-0.2, 0) is 16.8 Å². The first-order chi connectivity index (χ1) is 9.21. The molecule has 2 aliphatic rings. The van der Waals surface area contributed by atoms with Crippen molar-refractivity contribution in [3.05, 3.63) is 21.9 Å². The third-order valence-corrected chi connectivity index (χ3v) is 4.78. The van der Waals surface area contributed by atoms with E-state index in [2.05, 4.69) is 34.0 Å². The monoisotopic (exact) mass is 279 g/mol. The Kier molecular flexibility index (Phi) is 3.50. The molecule has 1 aromatic heterocycles. The third kappa shape index (κ3) is 2.77. The van der Waals surface area contributed by atoms with Crippen molar-refractivity contribution < 1.29 is 4.74 Å². The van der Waals surface area contributed by atoms with E-state index in [1.807, 2.05) is 18.4 Å². The van der Waals surface area contributed by atoms with Crippen LogP contribution in [0.25, 0.3) is 0 Å². The summed E-state index contributed by atoms with van der Waals surface area (Å²) in [6, 6.07) is 2.81. The lowest BCUT2D eigenvalue weighted by atomic mass is 9.93. The molecule has 2 heterocycles. The summed E-state index contributed by atoms with van der Waals surface area (Å²) in [7, 11) is 1.82. The van der Waals surface area contributed by atoms with Crippen LogP contribution in [0.3, 0.4) is 0 Å². The van der Waals surface area contributed by atoms with Crippen molar-refractivity contribution in [1.82, 2.24) is 10.6 Å². The smallest absolute Gasteiger partial charge is 0.191 e. The summed E-state index contributed by atoms with van der Waals surface area (Å²) < 4.78 is 6.03. The van der Waals surface area contributed by atoms with Gasteiger partial charge >= 0.3 is 0 Å². The SMILES string of the molecule is CN=C(NCC1(C)OCCc2sccc21)NC1CC1. The number of rotatable bonds is 3. The van der Waals surface area contributed by atoms with E-state index in [9.17, 15) is 0 Å². The van der Waals surface area contributed by atoms with Crippen molar-refractivity contribution in [2.24, 2.45) is 4.99 Å². The normalized spacial score (nSPS) is 26.9. The van der Waals surface area contributed by atoms with E-state index in [1.165, 1.54) is 23.3 Å². The van der Waals surface area contributed by atoms with Crippen LogP contribution in [0.1, 0.15) is 30.2 Å². The Labute approximate surface area is 118 Å². The fourth-order valence-corrected chi connectivity index (χ4v) is 3.45. The number of nitrogens with zero attached hydrogens (tertiary/aromatic N) is 1. The number of thiophene rings is 1. The van der Waals surface area contributed by atoms with E-state index in [4.69, 9.17) is 4.74 Å². The Balaban J connectivity index is 1.66. The van der Waals surface area contributed by atoms with E-state index < -0.39 is 0 Å². The molecule has 1 aromatic rings. The molecule has 0 amide bonds. The van der Waals surface area contributed by atoms with Gasteiger partial charge in [0.2, 0.25) is 0 Å². The molecule has 0 spiro atoms. The molecule has 19 heavy (non-hydrogen) atoms. The zero-order valence-electron chi connectivity index (χ0n) is 11.5. The predicted octanol–water partition coefficient (Wildman–Crippen LogP) is 1.86. The molecular formula is C14H21N3OS. The van der Waals surface area contributed by atoms with Crippen molar-refractivity contribution >= 4 is 17.3 Å². The van der Waals surface area contributed by atoms with Gasteiger partial charge in [0.25, 0.3) is 0 Å². The summed E-state index contributed by atoms with van der Waals surface area (Å²) in [5.74, 6) is 0.884. The fourth-order valence-electron chi connectivity index (χ4n) is 2.47. The Hall–Kier alpha value is -1.07. The van der Waals surface area contributed by atoms with Crippen LogP contribution < -0.4 is 10.6 Å². The zero-order chi connectivity index (χ0) is 13.3. The number of nitrogens with one attached hydrogen (secondary N) is 2. The molecule has 0 saturated heterocycles. The minimum atomic E-state index is -0.241. The molecule has 104 valence electrons. The van der Waals surface area contributed by atoms with Crippen LogP contribution in [0, 0.1) is 0 Å². The second-order valence-corrected chi connectivity index (χ2v) is 6.43. The van der Waals surface area contributed by atoms with Crippen LogP contribution in [0.15, 0.2) is 16.4 Å². The zero-order valence-corrected chi connectivity index (χ0v) is 12.3. The molecule has 3 rings (SSSR count). The number of ether oxygens (including phenoxy) is 1. The van der Waals surface area contributed by atoms with Gasteiger partial charge in [-0.15, -0.1) is 11.3 Å². The van der Waals surface area contributed by atoms with Gasteiger partial charge in [-0.3, -0.25) is 4.99 Å². The molecule has 1 atom stereocenters. The standard InChI is InChI=1S/C14H21N3OS/c1-14(9-16-13(15-2)17-10-3-4-10)11-6-8-19-12(11)5-7-18-14/h6,8,10H,3-5,7,9H2,1-2H3,(H2,15,16,17). The van der Waals surface area contributed by atoms with Crippen LogP contribution in [0.2, 0.25) is 0 Å². The molecule has 1 fully saturated rings. The average molecular weight is 279 g/mol. The largest absolute Gasteiger partial charge is 0.368 e. The minimum Gasteiger partial charge on any atom is -0.368 e. The molecular weight excluding hydrogens is 258 g/mol. The van der Waals surface area contributed by atoms with E-state index in [0.29, 0.717) is 6.04 Å². The molecule has 4 nitrogen and oxygen atoms in total. The molecule has 5 heteroatoms. The first-order valence-electron chi connectivity index (χ1n) is 6.89. The summed E-state index contributed by atoms with van der Waals surface area (Å²) in [4.78, 5) is 5.73. The van der Waals surface area contributed by atoms with Gasteiger partial charge < -0.3 is 15.4 Å². The maximum atomic E-state index is 6.03. The van der Waals surface area contributed by atoms with Crippen molar-refractivity contribution in [2.75, 3.05) is 20.2 Å². The lowest BCUT2D eigenvalue weighted by Crippen LogP contribution is -2.47. The number of hydrogen-bond donors (Lipinski definition) is 2. The van der Waals surface area contributed by atoms with Crippen molar-refractivity contribution in [2.45, 2.75) is 37.8 Å². The Morgan fingerprint density at radius 1 is 1.58 bits per heavy atom. The molecule has 1 aliphatic heterocycles. The lowest BCUT2D eigenvalue weighted by Gasteiger charge is -2.34. The first-order valence-corrected chi connectivity index (χ1v) is 7.77. The number of guanidine groups is 1. The summed E-state index contributed by atoms with van der Waals surface area (Å²) in [6.07, 6.45) is 3.55. The molecule has 0 aromatic carbocycles. The van der Waals surface area contributed by atoms with Crippen LogP contribution in [0.5, 0.6) is 0 Å². The van der Waals surface area contributed by atoms with Gasteiger partial charge in [-0.1, -0.05) is 0 Å². The van der Waals surface area contributed by atoms with Crippen molar-refractivity contribution in [3.63, 3.8) is 0 Å². The summed E-state index contributed by atoms with van der Waals surface area (Å²) in [5, 5.41) is 8.96. The maximum absolute atomic E-state index is 6.03. The quantitative estimate of drug-likeness (QED) is 0.656. The van der Waals surface area contributed by atoms with Crippen LogP contribution in [0.4, 0.5) is 0 Å². The second-order valence-electron chi connectivity index (χ2n) is 5.43. The van der Waals surface area contributed by atoms with Gasteiger partial charge in [0, 0.05) is 24.4 Å². The number of fused-ring (bicyclic) bond motifs is 1. The highest BCUT2D eigenvalue weighted by Crippen LogP contribution is 2.35. The highest BCUT2D eigenvalue weighted by atomic mass is 32.1. The average Bonchev–Trinajstić information content (AvgIpc) is 3.09. The van der Waals surface area contributed by atoms with Crippen molar-refractivity contribution in [1.29, 1.82) is 0 Å². The maximum Gasteiger partial charge on any atom is 0.191 e. The molecule has 2 N–H and O–H groups in total. The Morgan fingerprint density at radius 2 is 2.42 bits per heavy atom. The lowest BCUT2D eigenvalue weighted by molar-refractivity contribution is -0.0410. The molecule has 1 saturated carbocycles. The predicted molar refractivity (Wildman–Crippen MR) is 78.8 cm³/mol. The van der Waals surface area contributed by atoms with E-state index in [-0.39, 0.29) is 5.60 Å². The van der Waals surface area contributed by atoms with E-state index >= 15 is 0 Å². The van der Waals surface area contributed by atoms with Gasteiger partial charge in [0.15, 0.2) is 5.96 Å². The topological polar surface area (TPSA) is 45.7 Å². The van der Waals surface area contributed by atoms with Gasteiger partial charge in [-0.25, -0.2) is 0 Å². The molecule has 0 radical (unpaired) electrons. The molecule has 1 aliphatic carbocycles. The van der Waals surface area contributed by atoms with Gasteiger partial charge in [-0.2, -0.15) is 0 Å². The van der Waals surface area contributed by atoms with Crippen LogP contribution >= 0.6 is 11.3 Å². The summed E-state index contributed by atoms with van der Waals surface area (Å²) in [6.45, 7) is 3.72. The summed E-state index contributed by atoms with van der Waals surface area (Å²) >= 11 is 1.83. The molecule has 1 unspecified atom stereocenters. The van der Waals surface area contributed by atoms with Gasteiger partial charge in [-0.05, 0) is 36.8 Å². The Morgan fingerprint density at radius 3 is 3.16 bits per heavy atom. The number of hydrogen-bond acceptors (Lipinski definition) is 3. The third-order valence-electron chi connectivity index (χ3n) is 3.80. The van der Waals surface area contributed by atoms with E-state index in [1.54, 1.807) is 0 Å². The fraction of sp³-hybridized carbons (Fsp3) is 0.643. The molecule has 0 bridgehead atoms. The van der Waals surface area contributed by atoms with E-state index in [0.717, 1.165) is 25.5 Å². The Bertz CT molecular complexity index is 481. The summed E-state index contributed by atoms with van der Waals surface area (Å²) in [5.41, 5.74) is 1.09. The van der Waals surface area contributed by atoms with Crippen LogP contribution in [-0.4, -0.2) is 32.2 Å². The first kappa shape index (κ1) is 12.9. The number of aliphatic imine (C=N–C) groups is 1. The minimum absolute atomic E-state index is 0.241.